The van der Waals surface area contributed by atoms with Gasteiger partial charge in [-0.2, -0.15) is 0 Å². The standard InChI is InChI=1S/C20H16N4O/c25-19(14-7-2-1-3-8-14)21-15-9-6-10-16(13-15)22-20-23-17-11-4-5-12-18(17)24-20/h1-13H,(H,21,25)(H2,22,23,24). The Balaban J connectivity index is 1.52. The van der Waals surface area contributed by atoms with Gasteiger partial charge in [0.15, 0.2) is 0 Å². The van der Waals surface area contributed by atoms with Crippen molar-refractivity contribution in [3.8, 4) is 0 Å². The fourth-order valence-electron chi connectivity index (χ4n) is 2.62. The molecule has 3 N–H and O–H groups in total. The van der Waals surface area contributed by atoms with Gasteiger partial charge in [0.25, 0.3) is 5.91 Å². The first-order chi connectivity index (χ1) is 12.3. The molecule has 0 saturated heterocycles. The Bertz CT molecular complexity index is 991. The maximum atomic E-state index is 12.3. The molecule has 0 aliphatic rings. The minimum atomic E-state index is -0.138. The number of fused-ring (bicyclic) bond motifs is 1. The average molecular weight is 328 g/mol. The molecule has 0 fully saturated rings. The first-order valence-corrected chi connectivity index (χ1v) is 7.96. The molecule has 4 rings (SSSR count). The number of hydrogen-bond donors (Lipinski definition) is 3. The number of benzene rings is 3. The van der Waals surface area contributed by atoms with Crippen LogP contribution in [-0.2, 0) is 0 Å². The van der Waals surface area contributed by atoms with Gasteiger partial charge >= 0.3 is 0 Å². The van der Waals surface area contributed by atoms with Crippen LogP contribution in [0.5, 0.6) is 0 Å². The number of anilines is 3. The van der Waals surface area contributed by atoms with E-state index in [2.05, 4.69) is 20.6 Å². The third-order valence-electron chi connectivity index (χ3n) is 3.81. The van der Waals surface area contributed by atoms with Crippen LogP contribution < -0.4 is 10.6 Å². The van der Waals surface area contributed by atoms with E-state index >= 15 is 0 Å². The molecule has 3 aromatic carbocycles. The van der Waals surface area contributed by atoms with Gasteiger partial charge in [-0.3, -0.25) is 4.79 Å². The SMILES string of the molecule is O=C(Nc1cccc(Nc2nc3ccccc3[nH]2)c1)c1ccccc1. The maximum absolute atomic E-state index is 12.3. The molecule has 1 heterocycles. The van der Waals surface area contributed by atoms with Gasteiger partial charge in [0.2, 0.25) is 5.95 Å². The Morgan fingerprint density at radius 3 is 2.44 bits per heavy atom. The molecule has 1 aromatic heterocycles. The number of carbonyl (C=O) groups excluding carboxylic acids is 1. The molecular weight excluding hydrogens is 312 g/mol. The van der Waals surface area contributed by atoms with Crippen molar-refractivity contribution in [1.29, 1.82) is 0 Å². The number of H-pyrrole nitrogens is 1. The predicted octanol–water partition coefficient (Wildman–Crippen LogP) is 4.56. The van der Waals surface area contributed by atoms with Crippen molar-refractivity contribution in [1.82, 2.24) is 9.97 Å². The van der Waals surface area contributed by atoms with Crippen molar-refractivity contribution < 1.29 is 4.79 Å². The summed E-state index contributed by atoms with van der Waals surface area (Å²) in [5.74, 6) is 0.522. The largest absolute Gasteiger partial charge is 0.326 e. The summed E-state index contributed by atoms with van der Waals surface area (Å²) in [4.78, 5) is 20.0. The van der Waals surface area contributed by atoms with Crippen molar-refractivity contribution in [3.05, 3.63) is 84.4 Å². The quantitative estimate of drug-likeness (QED) is 0.514. The number of aromatic nitrogens is 2. The summed E-state index contributed by atoms with van der Waals surface area (Å²) in [5, 5.41) is 6.13. The van der Waals surface area contributed by atoms with Gasteiger partial charge in [-0.15, -0.1) is 0 Å². The fraction of sp³-hybridized carbons (Fsp3) is 0. The van der Waals surface area contributed by atoms with E-state index in [1.54, 1.807) is 12.1 Å². The number of amides is 1. The third-order valence-corrected chi connectivity index (χ3v) is 3.81. The van der Waals surface area contributed by atoms with E-state index in [1.165, 1.54) is 0 Å². The summed E-state index contributed by atoms with van der Waals surface area (Å²) in [7, 11) is 0. The van der Waals surface area contributed by atoms with Gasteiger partial charge in [-0.1, -0.05) is 36.4 Å². The van der Waals surface area contributed by atoms with E-state index in [1.807, 2.05) is 66.7 Å². The number of rotatable bonds is 4. The van der Waals surface area contributed by atoms with Crippen LogP contribution in [0.15, 0.2) is 78.9 Å². The molecule has 0 aliphatic heterocycles. The highest BCUT2D eigenvalue weighted by molar-refractivity contribution is 6.04. The smallest absolute Gasteiger partial charge is 0.255 e. The number of imidazole rings is 1. The molecule has 0 saturated carbocycles. The zero-order valence-electron chi connectivity index (χ0n) is 13.4. The van der Waals surface area contributed by atoms with Crippen molar-refractivity contribution in [2.75, 3.05) is 10.6 Å². The zero-order chi connectivity index (χ0) is 17.1. The normalized spacial score (nSPS) is 10.6. The van der Waals surface area contributed by atoms with E-state index in [9.17, 15) is 4.79 Å². The summed E-state index contributed by atoms with van der Waals surface area (Å²) in [6.45, 7) is 0. The molecule has 4 aromatic rings. The lowest BCUT2D eigenvalue weighted by atomic mass is 10.2. The molecule has 5 heteroatoms. The molecule has 0 spiro atoms. The van der Waals surface area contributed by atoms with Gasteiger partial charge in [-0.05, 0) is 42.5 Å². The molecule has 0 aliphatic carbocycles. The number of aromatic amines is 1. The Hall–Kier alpha value is -3.60. The lowest BCUT2D eigenvalue weighted by Gasteiger charge is -2.08. The highest BCUT2D eigenvalue weighted by Crippen LogP contribution is 2.21. The van der Waals surface area contributed by atoms with E-state index in [4.69, 9.17) is 0 Å². The minimum absolute atomic E-state index is 0.138. The van der Waals surface area contributed by atoms with Crippen molar-refractivity contribution in [2.24, 2.45) is 0 Å². The number of nitrogens with one attached hydrogen (secondary N) is 3. The molecule has 25 heavy (non-hydrogen) atoms. The highest BCUT2D eigenvalue weighted by atomic mass is 16.1. The fourth-order valence-corrected chi connectivity index (χ4v) is 2.62. The number of nitrogens with zero attached hydrogens (tertiary/aromatic N) is 1. The Labute approximate surface area is 144 Å². The Kier molecular flexibility index (Phi) is 3.88. The van der Waals surface area contributed by atoms with Crippen LogP contribution in [0.2, 0.25) is 0 Å². The summed E-state index contributed by atoms with van der Waals surface area (Å²) in [6.07, 6.45) is 0. The van der Waals surface area contributed by atoms with Gasteiger partial charge in [0.05, 0.1) is 11.0 Å². The molecule has 5 nitrogen and oxygen atoms in total. The summed E-state index contributed by atoms with van der Waals surface area (Å²) < 4.78 is 0. The first kappa shape index (κ1) is 15.0. The molecule has 0 unspecified atom stereocenters. The van der Waals surface area contributed by atoms with E-state index < -0.39 is 0 Å². The average Bonchev–Trinajstić information content (AvgIpc) is 3.05. The second kappa shape index (κ2) is 6.49. The van der Waals surface area contributed by atoms with Crippen LogP contribution in [-0.4, -0.2) is 15.9 Å². The van der Waals surface area contributed by atoms with Crippen LogP contribution in [0.25, 0.3) is 11.0 Å². The van der Waals surface area contributed by atoms with Crippen LogP contribution >= 0.6 is 0 Å². The van der Waals surface area contributed by atoms with Gasteiger partial charge in [-0.25, -0.2) is 4.98 Å². The van der Waals surface area contributed by atoms with Crippen molar-refractivity contribution in [3.63, 3.8) is 0 Å². The van der Waals surface area contributed by atoms with Gasteiger partial charge < -0.3 is 15.6 Å². The van der Waals surface area contributed by atoms with E-state index in [-0.39, 0.29) is 5.91 Å². The molecule has 1 amide bonds. The lowest BCUT2D eigenvalue weighted by Crippen LogP contribution is -2.11. The first-order valence-electron chi connectivity index (χ1n) is 7.96. The van der Waals surface area contributed by atoms with Crippen molar-refractivity contribution >= 4 is 34.3 Å². The van der Waals surface area contributed by atoms with Crippen LogP contribution in [0.1, 0.15) is 10.4 Å². The van der Waals surface area contributed by atoms with Crippen LogP contribution in [0.4, 0.5) is 17.3 Å². The zero-order valence-corrected chi connectivity index (χ0v) is 13.4. The highest BCUT2D eigenvalue weighted by Gasteiger charge is 2.06. The summed E-state index contributed by atoms with van der Waals surface area (Å²) in [5.41, 5.74) is 4.05. The van der Waals surface area contributed by atoms with Crippen LogP contribution in [0, 0.1) is 0 Å². The van der Waals surface area contributed by atoms with E-state index in [0.29, 0.717) is 11.5 Å². The molecule has 122 valence electrons. The third kappa shape index (κ3) is 3.35. The molecule has 0 radical (unpaired) electrons. The lowest BCUT2D eigenvalue weighted by molar-refractivity contribution is 0.102. The second-order valence-corrected chi connectivity index (χ2v) is 5.63. The van der Waals surface area contributed by atoms with Crippen LogP contribution in [0.3, 0.4) is 0 Å². The molecular formula is C20H16N4O. The summed E-state index contributed by atoms with van der Waals surface area (Å²) >= 11 is 0. The second-order valence-electron chi connectivity index (χ2n) is 5.63. The molecule has 0 atom stereocenters. The predicted molar refractivity (Wildman–Crippen MR) is 100 cm³/mol. The minimum Gasteiger partial charge on any atom is -0.326 e. The maximum Gasteiger partial charge on any atom is 0.255 e. The molecule has 0 bridgehead atoms. The van der Waals surface area contributed by atoms with Gasteiger partial charge in [0.1, 0.15) is 0 Å². The topological polar surface area (TPSA) is 69.8 Å². The Morgan fingerprint density at radius 2 is 1.60 bits per heavy atom. The number of hydrogen-bond acceptors (Lipinski definition) is 3. The monoisotopic (exact) mass is 328 g/mol. The number of carbonyl (C=O) groups is 1. The Morgan fingerprint density at radius 1 is 0.840 bits per heavy atom. The number of para-hydroxylation sites is 2. The summed E-state index contributed by atoms with van der Waals surface area (Å²) in [6, 6.07) is 24.5. The van der Waals surface area contributed by atoms with E-state index in [0.717, 1.165) is 22.4 Å². The van der Waals surface area contributed by atoms with Crippen molar-refractivity contribution in [2.45, 2.75) is 0 Å². The van der Waals surface area contributed by atoms with Gasteiger partial charge in [0, 0.05) is 16.9 Å².